The van der Waals surface area contributed by atoms with Gasteiger partial charge in [-0.05, 0) is 25.7 Å². The summed E-state index contributed by atoms with van der Waals surface area (Å²) in [5.74, 6) is -4.35. The van der Waals surface area contributed by atoms with E-state index in [9.17, 15) is 22.8 Å². The van der Waals surface area contributed by atoms with Crippen LogP contribution in [0.15, 0.2) is 0 Å². The molecule has 1 N–H and O–H groups in total. The number of aliphatic carboxylic acids is 1. The van der Waals surface area contributed by atoms with Gasteiger partial charge in [-0.2, -0.15) is 13.2 Å². The van der Waals surface area contributed by atoms with E-state index in [4.69, 9.17) is 5.11 Å². The van der Waals surface area contributed by atoms with Gasteiger partial charge in [-0.25, -0.2) is 0 Å². The number of rotatable bonds is 2. The van der Waals surface area contributed by atoms with Crippen molar-refractivity contribution < 1.29 is 27.9 Å². The molecule has 0 heterocycles. The van der Waals surface area contributed by atoms with Crippen LogP contribution in [0, 0.1) is 11.8 Å². The summed E-state index contributed by atoms with van der Waals surface area (Å²) in [4.78, 5) is 21.3. The van der Waals surface area contributed by atoms with Crippen LogP contribution in [0.1, 0.15) is 25.7 Å². The number of hydrogen-bond acceptors (Lipinski definition) is 2. The molecule has 0 saturated heterocycles. The van der Waals surface area contributed by atoms with E-state index in [1.807, 2.05) is 0 Å². The summed E-state index contributed by atoms with van der Waals surface area (Å²) in [7, 11) is 0. The van der Waals surface area contributed by atoms with Crippen molar-refractivity contribution in [2.24, 2.45) is 11.8 Å². The zero-order valence-corrected chi connectivity index (χ0v) is 7.88. The standard InChI is InChI=1S/C9H11F3O3/c10-9(11,12)7(13)5-1-3-6(4-2-5)8(14)15/h5-6H,1-4H2,(H,14,15). The molecule has 1 fully saturated rings. The van der Waals surface area contributed by atoms with Gasteiger partial charge in [0.2, 0.25) is 5.78 Å². The highest BCUT2D eigenvalue weighted by atomic mass is 19.4. The van der Waals surface area contributed by atoms with Crippen molar-refractivity contribution in [3.05, 3.63) is 0 Å². The number of halogens is 3. The van der Waals surface area contributed by atoms with E-state index in [-0.39, 0.29) is 25.7 Å². The number of carboxylic acids is 1. The van der Waals surface area contributed by atoms with E-state index in [2.05, 4.69) is 0 Å². The minimum absolute atomic E-state index is 0.0231. The lowest BCUT2D eigenvalue weighted by Crippen LogP contribution is -2.34. The maximum absolute atomic E-state index is 12.0. The lowest BCUT2D eigenvalue weighted by atomic mass is 9.80. The first kappa shape index (κ1) is 12.0. The fraction of sp³-hybridized carbons (Fsp3) is 0.778. The summed E-state index contributed by atoms with van der Waals surface area (Å²) in [6, 6.07) is 0. The van der Waals surface area contributed by atoms with Crippen molar-refractivity contribution in [2.45, 2.75) is 31.9 Å². The Balaban J connectivity index is 2.51. The van der Waals surface area contributed by atoms with Crippen LogP contribution in [0.2, 0.25) is 0 Å². The van der Waals surface area contributed by atoms with Gasteiger partial charge in [0.25, 0.3) is 0 Å². The number of carbonyl (C=O) groups is 2. The molecule has 0 atom stereocenters. The normalized spacial score (nSPS) is 27.4. The van der Waals surface area contributed by atoms with Crippen molar-refractivity contribution in [1.82, 2.24) is 0 Å². The van der Waals surface area contributed by atoms with Crippen LogP contribution >= 0.6 is 0 Å². The molecular weight excluding hydrogens is 213 g/mol. The lowest BCUT2D eigenvalue weighted by Gasteiger charge is -2.25. The topological polar surface area (TPSA) is 54.4 Å². The van der Waals surface area contributed by atoms with E-state index in [1.54, 1.807) is 0 Å². The molecule has 86 valence electrons. The second-order valence-corrected chi connectivity index (χ2v) is 3.75. The first-order valence-corrected chi connectivity index (χ1v) is 4.66. The van der Waals surface area contributed by atoms with Crippen molar-refractivity contribution in [3.63, 3.8) is 0 Å². The smallest absolute Gasteiger partial charge is 0.450 e. The minimum Gasteiger partial charge on any atom is -0.481 e. The Labute approximate surface area is 84.3 Å². The molecule has 0 bridgehead atoms. The summed E-state index contributed by atoms with van der Waals surface area (Å²) < 4.78 is 36.1. The predicted molar refractivity (Wildman–Crippen MR) is 44.1 cm³/mol. The Hall–Kier alpha value is -1.07. The first-order chi connectivity index (χ1) is 6.82. The van der Waals surface area contributed by atoms with Crippen molar-refractivity contribution in [3.8, 4) is 0 Å². The van der Waals surface area contributed by atoms with Gasteiger partial charge in [0.1, 0.15) is 0 Å². The van der Waals surface area contributed by atoms with E-state index < -0.39 is 29.8 Å². The maximum atomic E-state index is 12.0. The molecule has 3 nitrogen and oxygen atoms in total. The quantitative estimate of drug-likeness (QED) is 0.780. The Bertz CT molecular complexity index is 264. The number of ketones is 1. The van der Waals surface area contributed by atoms with Crippen molar-refractivity contribution in [2.75, 3.05) is 0 Å². The number of Topliss-reactive ketones (excluding diaryl/α,β-unsaturated/α-hetero) is 1. The predicted octanol–water partition coefficient (Wildman–Crippen LogP) is 2.01. The molecule has 0 unspecified atom stereocenters. The number of alkyl halides is 3. The second kappa shape index (κ2) is 4.20. The average molecular weight is 224 g/mol. The van der Waals surface area contributed by atoms with E-state index >= 15 is 0 Å². The summed E-state index contributed by atoms with van der Waals surface area (Å²) in [6.45, 7) is 0. The molecule has 1 aliphatic rings. The van der Waals surface area contributed by atoms with E-state index in [0.717, 1.165) is 0 Å². The number of hydrogen-bond donors (Lipinski definition) is 1. The van der Waals surface area contributed by atoms with Crippen LogP contribution < -0.4 is 0 Å². The van der Waals surface area contributed by atoms with Gasteiger partial charge < -0.3 is 5.11 Å². The van der Waals surface area contributed by atoms with Crippen LogP contribution in [-0.2, 0) is 9.59 Å². The molecule has 0 aromatic rings. The largest absolute Gasteiger partial charge is 0.481 e. The van der Waals surface area contributed by atoms with Crippen LogP contribution in [0.3, 0.4) is 0 Å². The third-order valence-electron chi connectivity index (χ3n) is 2.73. The van der Waals surface area contributed by atoms with Gasteiger partial charge in [0.05, 0.1) is 5.92 Å². The third-order valence-corrected chi connectivity index (χ3v) is 2.73. The molecule has 1 rings (SSSR count). The molecule has 0 aliphatic heterocycles. The third kappa shape index (κ3) is 2.94. The molecule has 6 heteroatoms. The average Bonchev–Trinajstić information content (AvgIpc) is 2.15. The maximum Gasteiger partial charge on any atom is 0.450 e. The fourth-order valence-electron chi connectivity index (χ4n) is 1.83. The van der Waals surface area contributed by atoms with E-state index in [0.29, 0.717) is 0 Å². The highest BCUT2D eigenvalue weighted by molar-refractivity contribution is 5.86. The Morgan fingerprint density at radius 1 is 1.00 bits per heavy atom. The number of carbonyl (C=O) groups excluding carboxylic acids is 1. The van der Waals surface area contributed by atoms with Crippen LogP contribution in [0.5, 0.6) is 0 Å². The Morgan fingerprint density at radius 3 is 1.73 bits per heavy atom. The molecule has 1 saturated carbocycles. The SMILES string of the molecule is O=C(O)C1CCC(C(=O)C(F)(F)F)CC1. The van der Waals surface area contributed by atoms with Gasteiger partial charge >= 0.3 is 12.1 Å². The Morgan fingerprint density at radius 2 is 1.40 bits per heavy atom. The lowest BCUT2D eigenvalue weighted by molar-refractivity contribution is -0.177. The minimum atomic E-state index is -4.79. The van der Waals surface area contributed by atoms with Crippen LogP contribution in [0.25, 0.3) is 0 Å². The zero-order valence-electron chi connectivity index (χ0n) is 7.88. The van der Waals surface area contributed by atoms with Gasteiger partial charge in [0.15, 0.2) is 0 Å². The monoisotopic (exact) mass is 224 g/mol. The number of carboxylic acid groups (broad SMARTS) is 1. The molecule has 0 aromatic heterocycles. The van der Waals surface area contributed by atoms with Crippen LogP contribution in [-0.4, -0.2) is 23.0 Å². The second-order valence-electron chi connectivity index (χ2n) is 3.75. The molecule has 0 spiro atoms. The van der Waals surface area contributed by atoms with Crippen molar-refractivity contribution >= 4 is 11.8 Å². The highest BCUT2D eigenvalue weighted by Crippen LogP contribution is 2.33. The van der Waals surface area contributed by atoms with Gasteiger partial charge in [-0.3, -0.25) is 9.59 Å². The van der Waals surface area contributed by atoms with Gasteiger partial charge in [-0.1, -0.05) is 0 Å². The Kier molecular flexibility index (Phi) is 3.36. The highest BCUT2D eigenvalue weighted by Gasteiger charge is 2.44. The van der Waals surface area contributed by atoms with Crippen molar-refractivity contribution in [1.29, 1.82) is 0 Å². The molecule has 0 amide bonds. The van der Waals surface area contributed by atoms with E-state index in [1.165, 1.54) is 0 Å². The summed E-state index contributed by atoms with van der Waals surface area (Å²) in [6.07, 6.45) is -4.44. The summed E-state index contributed by atoms with van der Waals surface area (Å²) >= 11 is 0. The summed E-state index contributed by atoms with van der Waals surface area (Å²) in [5, 5.41) is 8.62. The fourth-order valence-corrected chi connectivity index (χ4v) is 1.83. The zero-order chi connectivity index (χ0) is 11.6. The molecule has 15 heavy (non-hydrogen) atoms. The van der Waals surface area contributed by atoms with Crippen LogP contribution in [0.4, 0.5) is 13.2 Å². The van der Waals surface area contributed by atoms with Gasteiger partial charge in [-0.15, -0.1) is 0 Å². The molecule has 1 aliphatic carbocycles. The molecule has 0 radical (unpaired) electrons. The molecule has 0 aromatic carbocycles. The summed E-state index contributed by atoms with van der Waals surface area (Å²) in [5.41, 5.74) is 0. The first-order valence-electron chi connectivity index (χ1n) is 4.66. The molecular formula is C9H11F3O3. The van der Waals surface area contributed by atoms with Gasteiger partial charge in [0, 0.05) is 5.92 Å².